The molecule has 6 nitrogen and oxygen atoms in total. The quantitative estimate of drug-likeness (QED) is 0.822. The molecule has 0 unspecified atom stereocenters. The molecule has 0 amide bonds. The molecule has 0 radical (unpaired) electrons. The lowest BCUT2D eigenvalue weighted by atomic mass is 10.1. The molecule has 2 aromatic rings. The Morgan fingerprint density at radius 3 is 2.65 bits per heavy atom. The minimum Gasteiger partial charge on any atom is -0.191 e. The van der Waals surface area contributed by atoms with E-state index in [2.05, 4.69) is 40.4 Å². The summed E-state index contributed by atoms with van der Waals surface area (Å²) < 4.78 is 1.61. The third kappa shape index (κ3) is 2.31. The second-order valence-electron chi connectivity index (χ2n) is 4.11. The van der Waals surface area contributed by atoms with Crippen molar-refractivity contribution < 1.29 is 0 Å². The van der Waals surface area contributed by atoms with E-state index in [1.54, 1.807) is 4.68 Å². The van der Waals surface area contributed by atoms with E-state index in [0.717, 1.165) is 17.1 Å². The molecule has 0 aliphatic rings. The largest absolute Gasteiger partial charge is 0.234 e. The first-order chi connectivity index (χ1) is 8.11. The van der Waals surface area contributed by atoms with Crippen molar-refractivity contribution in [1.29, 1.82) is 5.26 Å². The molecule has 0 saturated heterocycles. The normalized spacial score (nSPS) is 10.8. The predicted molar refractivity (Wildman–Crippen MR) is 62.8 cm³/mol. The van der Waals surface area contributed by atoms with Gasteiger partial charge in [0.05, 0.1) is 5.69 Å². The summed E-state index contributed by atoms with van der Waals surface area (Å²) in [5.41, 5.74) is 1.17. The molecule has 0 aliphatic heterocycles. The van der Waals surface area contributed by atoms with Gasteiger partial charge in [-0.05, 0) is 19.3 Å². The number of rotatable bonds is 3. The smallest absolute Gasteiger partial charge is 0.191 e. The van der Waals surface area contributed by atoms with Crippen molar-refractivity contribution in [2.75, 3.05) is 0 Å². The van der Waals surface area contributed by atoms with Crippen LogP contribution in [0.1, 0.15) is 30.2 Å². The van der Waals surface area contributed by atoms with E-state index in [-0.39, 0.29) is 0 Å². The molecule has 2 rings (SSSR count). The van der Waals surface area contributed by atoms with Gasteiger partial charge in [0.25, 0.3) is 0 Å². The Bertz CT molecular complexity index is 562. The lowest BCUT2D eigenvalue weighted by molar-refractivity contribution is 0.611. The third-order valence-electron chi connectivity index (χ3n) is 2.17. The Morgan fingerprint density at radius 2 is 2.12 bits per heavy atom. The molecule has 0 fully saturated rings. The van der Waals surface area contributed by atoms with Crippen LogP contribution in [0.4, 0.5) is 0 Å². The summed E-state index contributed by atoms with van der Waals surface area (Å²) in [6.45, 7) is 6.05. The Kier molecular flexibility index (Phi) is 3.15. The van der Waals surface area contributed by atoms with Gasteiger partial charge in [0.1, 0.15) is 11.1 Å². The maximum atomic E-state index is 9.00. The molecule has 0 aromatic carbocycles. The fourth-order valence-corrected chi connectivity index (χ4v) is 2.14. The summed E-state index contributed by atoms with van der Waals surface area (Å²) in [6.07, 6.45) is 0.745. The highest BCUT2D eigenvalue weighted by Gasteiger charge is 2.17. The van der Waals surface area contributed by atoms with Crippen LogP contribution in [-0.2, 0) is 6.42 Å². The zero-order valence-electron chi connectivity index (χ0n) is 9.88. The number of nitrogens with zero attached hydrogens (tertiary/aromatic N) is 6. The van der Waals surface area contributed by atoms with Gasteiger partial charge in [-0.2, -0.15) is 9.94 Å². The van der Waals surface area contributed by atoms with Gasteiger partial charge >= 0.3 is 0 Å². The lowest BCUT2D eigenvalue weighted by Gasteiger charge is -2.05. The van der Waals surface area contributed by atoms with Crippen molar-refractivity contribution in [1.82, 2.24) is 25.2 Å². The van der Waals surface area contributed by atoms with Crippen molar-refractivity contribution in [2.24, 2.45) is 5.92 Å². The van der Waals surface area contributed by atoms with E-state index in [1.165, 1.54) is 11.3 Å². The first-order valence-corrected chi connectivity index (χ1v) is 6.08. The summed E-state index contributed by atoms with van der Waals surface area (Å²) in [5.74, 6) is 0.424. The fraction of sp³-hybridized carbons (Fsp3) is 0.500. The third-order valence-corrected chi connectivity index (χ3v) is 2.98. The van der Waals surface area contributed by atoms with E-state index in [0.29, 0.717) is 16.7 Å². The number of hydrogen-bond donors (Lipinski definition) is 0. The van der Waals surface area contributed by atoms with Crippen molar-refractivity contribution in [3.63, 3.8) is 0 Å². The molecule has 0 atom stereocenters. The summed E-state index contributed by atoms with van der Waals surface area (Å²) in [4.78, 5) is 0. The van der Waals surface area contributed by atoms with Crippen LogP contribution in [0.2, 0.25) is 0 Å². The van der Waals surface area contributed by atoms with Crippen LogP contribution >= 0.6 is 11.3 Å². The van der Waals surface area contributed by atoms with Crippen LogP contribution in [-0.4, -0.2) is 25.2 Å². The monoisotopic (exact) mass is 248 g/mol. The fourth-order valence-electron chi connectivity index (χ4n) is 1.48. The second-order valence-corrected chi connectivity index (χ2v) is 5.27. The molecule has 7 heteroatoms. The van der Waals surface area contributed by atoms with E-state index in [9.17, 15) is 0 Å². The first-order valence-electron chi connectivity index (χ1n) is 5.27. The van der Waals surface area contributed by atoms with Gasteiger partial charge in [0, 0.05) is 0 Å². The molecule has 17 heavy (non-hydrogen) atoms. The number of hydrogen-bond acceptors (Lipinski definition) is 6. The van der Waals surface area contributed by atoms with Crippen molar-refractivity contribution in [3.8, 4) is 11.2 Å². The average molecular weight is 248 g/mol. The number of nitriles is 1. The number of aromatic nitrogens is 5. The molecule has 0 saturated carbocycles. The summed E-state index contributed by atoms with van der Waals surface area (Å²) in [5, 5.41) is 26.3. The standard InChI is InChI=1S/C10H12N6S/c1-6(2)4-9-8(5-11)13-15-16(9)10-14-12-7(3)17-10/h6H,4H2,1-3H3. The molecular weight excluding hydrogens is 236 g/mol. The van der Waals surface area contributed by atoms with Gasteiger partial charge in [0.2, 0.25) is 5.13 Å². The van der Waals surface area contributed by atoms with Crippen LogP contribution in [0.3, 0.4) is 0 Å². The van der Waals surface area contributed by atoms with Gasteiger partial charge in [-0.15, -0.1) is 15.3 Å². The van der Waals surface area contributed by atoms with Crippen LogP contribution in [0.5, 0.6) is 0 Å². The summed E-state index contributed by atoms with van der Waals surface area (Å²) >= 11 is 1.43. The maximum Gasteiger partial charge on any atom is 0.234 e. The van der Waals surface area contributed by atoms with Gasteiger partial charge in [0.15, 0.2) is 5.69 Å². The Morgan fingerprint density at radius 1 is 1.35 bits per heavy atom. The minimum atomic E-state index is 0.367. The molecule has 0 aliphatic carbocycles. The molecule has 2 heterocycles. The van der Waals surface area contributed by atoms with Crippen molar-refractivity contribution in [2.45, 2.75) is 27.2 Å². The molecule has 2 aromatic heterocycles. The highest BCUT2D eigenvalue weighted by molar-refractivity contribution is 7.13. The SMILES string of the molecule is Cc1nnc(-n2nnc(C#N)c2CC(C)C)s1. The second kappa shape index (κ2) is 4.59. The highest BCUT2D eigenvalue weighted by atomic mass is 32.1. The maximum absolute atomic E-state index is 9.00. The van der Waals surface area contributed by atoms with E-state index < -0.39 is 0 Å². The molecule has 0 spiro atoms. The van der Waals surface area contributed by atoms with Crippen LogP contribution < -0.4 is 0 Å². The highest BCUT2D eigenvalue weighted by Crippen LogP contribution is 2.18. The van der Waals surface area contributed by atoms with E-state index in [1.807, 2.05) is 6.92 Å². The zero-order valence-corrected chi connectivity index (χ0v) is 10.7. The van der Waals surface area contributed by atoms with Crippen molar-refractivity contribution in [3.05, 3.63) is 16.4 Å². The summed E-state index contributed by atoms with van der Waals surface area (Å²) in [7, 11) is 0. The Labute approximate surface area is 103 Å². The molecular formula is C10H12N6S. The molecule has 0 bridgehead atoms. The lowest BCUT2D eigenvalue weighted by Crippen LogP contribution is -2.06. The van der Waals surface area contributed by atoms with E-state index >= 15 is 0 Å². The van der Waals surface area contributed by atoms with Crippen molar-refractivity contribution >= 4 is 11.3 Å². The summed E-state index contributed by atoms with van der Waals surface area (Å²) in [6, 6.07) is 2.06. The van der Waals surface area contributed by atoms with E-state index in [4.69, 9.17) is 5.26 Å². The van der Waals surface area contributed by atoms with Gasteiger partial charge in [-0.3, -0.25) is 0 Å². The Hall–Kier alpha value is -1.81. The predicted octanol–water partition coefficient (Wildman–Crippen LogP) is 1.50. The first kappa shape index (κ1) is 11.7. The van der Waals surface area contributed by atoms with Crippen LogP contribution in [0.15, 0.2) is 0 Å². The van der Waals surface area contributed by atoms with Gasteiger partial charge in [-0.25, -0.2) is 0 Å². The molecule has 0 N–H and O–H groups in total. The average Bonchev–Trinajstić information content (AvgIpc) is 2.84. The minimum absolute atomic E-state index is 0.367. The van der Waals surface area contributed by atoms with Gasteiger partial charge < -0.3 is 0 Å². The van der Waals surface area contributed by atoms with Crippen LogP contribution in [0, 0.1) is 24.2 Å². The topological polar surface area (TPSA) is 80.3 Å². The van der Waals surface area contributed by atoms with Gasteiger partial charge in [-0.1, -0.05) is 30.4 Å². The zero-order chi connectivity index (χ0) is 12.4. The molecule has 88 valence electrons. The van der Waals surface area contributed by atoms with Crippen LogP contribution in [0.25, 0.3) is 5.13 Å². The number of aryl methyl sites for hydroxylation is 1. The Balaban J connectivity index is 2.47.